The van der Waals surface area contributed by atoms with Crippen molar-refractivity contribution in [3.63, 3.8) is 0 Å². The van der Waals surface area contributed by atoms with Crippen LogP contribution < -0.4 is 0 Å². The highest BCUT2D eigenvalue weighted by Crippen LogP contribution is 2.54. The Balaban J connectivity index is 2.30. The molecule has 0 spiro atoms. The number of hydrogen-bond donors (Lipinski definition) is 0. The molecule has 27 heavy (non-hydrogen) atoms. The topological polar surface area (TPSA) is 0 Å². The maximum absolute atomic E-state index is 2.76. The lowest BCUT2D eigenvalue weighted by Gasteiger charge is -2.49. The fraction of sp³-hybridized carbons (Fsp3) is 1.00. The van der Waals surface area contributed by atoms with Gasteiger partial charge in [0.1, 0.15) is 0 Å². The van der Waals surface area contributed by atoms with Crippen LogP contribution in [0.1, 0.15) is 131 Å². The zero-order chi connectivity index (χ0) is 19.9. The summed E-state index contributed by atoms with van der Waals surface area (Å²) in [6, 6.07) is 0. The van der Waals surface area contributed by atoms with E-state index in [1.54, 1.807) is 0 Å². The Hall–Kier alpha value is 0. The van der Waals surface area contributed by atoms with Crippen LogP contribution >= 0.6 is 0 Å². The van der Waals surface area contributed by atoms with Crippen LogP contribution in [0, 0.1) is 40.9 Å². The molecule has 0 heteroatoms. The molecule has 2 fully saturated rings. The highest BCUT2D eigenvalue weighted by Gasteiger charge is 2.45. The SMILES string of the molecule is CCCCC1C(C)CCCCCC2C(C)CCC(C(C)CC)CCCC12C. The molecule has 0 radical (unpaired) electrons. The minimum Gasteiger partial charge on any atom is -0.0654 e. The Morgan fingerprint density at radius 1 is 0.852 bits per heavy atom. The molecule has 0 aromatic carbocycles. The smallest absolute Gasteiger partial charge is 0.0264 e. The standard InChI is InChI=1S/C27H52/c1-7-9-16-25-22(4)14-11-10-12-17-26-23(5)18-19-24(21(3)8-2)15-13-20-27(25,26)6/h21-26H,7-20H2,1-6H3. The third-order valence-electron chi connectivity index (χ3n) is 9.34. The maximum atomic E-state index is 2.76. The molecule has 0 aliphatic heterocycles. The first-order chi connectivity index (χ1) is 12.9. The summed E-state index contributed by atoms with van der Waals surface area (Å²) in [5.41, 5.74) is 0.586. The summed E-state index contributed by atoms with van der Waals surface area (Å²) in [6.07, 6.45) is 20.6. The molecular weight excluding hydrogens is 324 g/mol. The van der Waals surface area contributed by atoms with E-state index in [0.717, 1.165) is 35.5 Å². The summed E-state index contributed by atoms with van der Waals surface area (Å²) >= 11 is 0. The maximum Gasteiger partial charge on any atom is -0.0264 e. The Labute approximate surface area is 172 Å². The molecule has 2 rings (SSSR count). The van der Waals surface area contributed by atoms with Crippen molar-refractivity contribution in [2.75, 3.05) is 0 Å². The molecule has 0 aromatic heterocycles. The molecule has 0 amide bonds. The van der Waals surface area contributed by atoms with Crippen LogP contribution in [0.4, 0.5) is 0 Å². The average Bonchev–Trinajstić information content (AvgIpc) is 2.74. The first-order valence-corrected chi connectivity index (χ1v) is 12.9. The van der Waals surface area contributed by atoms with Crippen LogP contribution in [-0.2, 0) is 0 Å². The minimum absolute atomic E-state index is 0.586. The van der Waals surface area contributed by atoms with E-state index in [0.29, 0.717) is 5.41 Å². The molecule has 7 atom stereocenters. The summed E-state index contributed by atoms with van der Waals surface area (Å²) in [6.45, 7) is 15.3. The van der Waals surface area contributed by atoms with E-state index in [9.17, 15) is 0 Å². The normalized spacial score (nSPS) is 40.4. The van der Waals surface area contributed by atoms with Crippen molar-refractivity contribution in [3.8, 4) is 0 Å². The Bertz CT molecular complexity index is 399. The van der Waals surface area contributed by atoms with Crippen LogP contribution in [0.15, 0.2) is 0 Å². The fourth-order valence-corrected chi connectivity index (χ4v) is 7.28. The molecule has 0 saturated heterocycles. The Kier molecular flexibility index (Phi) is 9.70. The van der Waals surface area contributed by atoms with Crippen molar-refractivity contribution in [2.24, 2.45) is 40.9 Å². The molecule has 0 N–H and O–H groups in total. The van der Waals surface area contributed by atoms with Crippen LogP contribution in [0.5, 0.6) is 0 Å². The van der Waals surface area contributed by atoms with Crippen molar-refractivity contribution in [2.45, 2.75) is 131 Å². The van der Waals surface area contributed by atoms with E-state index in [-0.39, 0.29) is 0 Å². The number of fused-ring (bicyclic) bond motifs is 1. The average molecular weight is 377 g/mol. The van der Waals surface area contributed by atoms with Gasteiger partial charge in [-0.2, -0.15) is 0 Å². The monoisotopic (exact) mass is 376 g/mol. The molecule has 0 bridgehead atoms. The van der Waals surface area contributed by atoms with E-state index in [4.69, 9.17) is 0 Å². The second-order valence-electron chi connectivity index (χ2n) is 11.1. The molecule has 2 aliphatic carbocycles. The number of rotatable bonds is 5. The van der Waals surface area contributed by atoms with Gasteiger partial charge in [-0.1, -0.05) is 106 Å². The highest BCUT2D eigenvalue weighted by atomic mass is 14.5. The predicted molar refractivity (Wildman–Crippen MR) is 122 cm³/mol. The van der Waals surface area contributed by atoms with E-state index in [1.165, 1.54) is 89.9 Å². The summed E-state index contributed by atoms with van der Waals surface area (Å²) in [5, 5.41) is 0. The third-order valence-corrected chi connectivity index (χ3v) is 9.34. The molecule has 0 aromatic rings. The Morgan fingerprint density at radius 3 is 2.30 bits per heavy atom. The van der Waals surface area contributed by atoms with Gasteiger partial charge in [-0.05, 0) is 66.6 Å². The molecule has 0 nitrogen and oxygen atoms in total. The first-order valence-electron chi connectivity index (χ1n) is 12.9. The summed E-state index contributed by atoms with van der Waals surface area (Å²) in [5.74, 6) is 5.70. The van der Waals surface area contributed by atoms with Gasteiger partial charge in [0.05, 0.1) is 0 Å². The summed E-state index contributed by atoms with van der Waals surface area (Å²) < 4.78 is 0. The third kappa shape index (κ3) is 5.99. The lowest BCUT2D eigenvalue weighted by Crippen LogP contribution is -2.41. The molecule has 7 unspecified atom stereocenters. The predicted octanol–water partition coefficient (Wildman–Crippen LogP) is 9.28. The van der Waals surface area contributed by atoms with Gasteiger partial charge in [-0.15, -0.1) is 0 Å². The zero-order valence-electron chi connectivity index (χ0n) is 19.9. The number of unbranched alkanes of at least 4 members (excludes halogenated alkanes) is 1. The van der Waals surface area contributed by atoms with Crippen LogP contribution in [0.2, 0.25) is 0 Å². The van der Waals surface area contributed by atoms with Gasteiger partial charge < -0.3 is 0 Å². The van der Waals surface area contributed by atoms with E-state index in [2.05, 4.69) is 41.5 Å². The van der Waals surface area contributed by atoms with Gasteiger partial charge in [0.2, 0.25) is 0 Å². The lowest BCUT2D eigenvalue weighted by molar-refractivity contribution is 0.00303. The van der Waals surface area contributed by atoms with Gasteiger partial charge in [0, 0.05) is 0 Å². The highest BCUT2D eigenvalue weighted by molar-refractivity contribution is 4.94. The largest absolute Gasteiger partial charge is 0.0654 e. The molecule has 160 valence electrons. The van der Waals surface area contributed by atoms with E-state index in [1.807, 2.05) is 0 Å². The molecule has 0 heterocycles. The Morgan fingerprint density at radius 2 is 1.59 bits per heavy atom. The van der Waals surface area contributed by atoms with Gasteiger partial charge in [0.15, 0.2) is 0 Å². The fourth-order valence-electron chi connectivity index (χ4n) is 7.28. The number of hydrogen-bond acceptors (Lipinski definition) is 0. The van der Waals surface area contributed by atoms with Crippen LogP contribution in [0.3, 0.4) is 0 Å². The van der Waals surface area contributed by atoms with Crippen molar-refractivity contribution >= 4 is 0 Å². The second kappa shape index (κ2) is 11.3. The van der Waals surface area contributed by atoms with E-state index < -0.39 is 0 Å². The summed E-state index contributed by atoms with van der Waals surface area (Å²) in [4.78, 5) is 0. The van der Waals surface area contributed by atoms with Gasteiger partial charge in [0.25, 0.3) is 0 Å². The molecule has 2 saturated carbocycles. The summed E-state index contributed by atoms with van der Waals surface area (Å²) in [7, 11) is 0. The van der Waals surface area contributed by atoms with Gasteiger partial charge in [-0.25, -0.2) is 0 Å². The van der Waals surface area contributed by atoms with Gasteiger partial charge >= 0.3 is 0 Å². The zero-order valence-corrected chi connectivity index (χ0v) is 19.9. The van der Waals surface area contributed by atoms with E-state index >= 15 is 0 Å². The minimum atomic E-state index is 0.586. The first kappa shape index (κ1) is 23.3. The van der Waals surface area contributed by atoms with Crippen molar-refractivity contribution in [3.05, 3.63) is 0 Å². The van der Waals surface area contributed by atoms with Gasteiger partial charge in [-0.3, -0.25) is 0 Å². The lowest BCUT2D eigenvalue weighted by atomic mass is 9.56. The van der Waals surface area contributed by atoms with Crippen molar-refractivity contribution in [1.29, 1.82) is 0 Å². The van der Waals surface area contributed by atoms with Crippen molar-refractivity contribution < 1.29 is 0 Å². The quantitative estimate of drug-likeness (QED) is 0.448. The molecular formula is C27H52. The second-order valence-corrected chi connectivity index (χ2v) is 11.1. The van der Waals surface area contributed by atoms with Crippen LogP contribution in [0.25, 0.3) is 0 Å². The van der Waals surface area contributed by atoms with Crippen molar-refractivity contribution in [1.82, 2.24) is 0 Å². The van der Waals surface area contributed by atoms with Crippen LogP contribution in [-0.4, -0.2) is 0 Å². The molecule has 2 aliphatic rings.